The maximum Gasteiger partial charge on any atom is 0.185 e. The lowest BCUT2D eigenvalue weighted by Crippen LogP contribution is -1.78. The first kappa shape index (κ1) is 10.3. The molecule has 1 aromatic heterocycles. The highest BCUT2D eigenvalue weighted by molar-refractivity contribution is 6.24. The minimum absolute atomic E-state index is 0.372. The summed E-state index contributed by atoms with van der Waals surface area (Å²) in [6.45, 7) is 0. The number of benzene rings is 3. The van der Waals surface area contributed by atoms with Gasteiger partial charge < -0.3 is 4.42 Å². The summed E-state index contributed by atoms with van der Waals surface area (Å²) in [7, 11) is 0. The summed E-state index contributed by atoms with van der Waals surface area (Å²) in [5, 5.41) is 5.50. The number of carbonyl (C=O) groups excluding carboxylic acids is 1. The molecule has 0 unspecified atom stereocenters. The van der Waals surface area contributed by atoms with Crippen LogP contribution < -0.4 is 0 Å². The molecule has 0 bridgehead atoms. The summed E-state index contributed by atoms with van der Waals surface area (Å²) in [5.74, 6) is 0.372. The van der Waals surface area contributed by atoms with E-state index in [1.54, 1.807) is 0 Å². The number of rotatable bonds is 1. The fraction of sp³-hybridized carbons (Fsp3) is 0. The summed E-state index contributed by atoms with van der Waals surface area (Å²) < 4.78 is 5.67. The van der Waals surface area contributed by atoms with Crippen molar-refractivity contribution in [2.24, 2.45) is 0 Å². The van der Waals surface area contributed by atoms with Crippen molar-refractivity contribution in [2.75, 3.05) is 0 Å². The van der Waals surface area contributed by atoms with Gasteiger partial charge in [-0.05, 0) is 22.2 Å². The summed E-state index contributed by atoms with van der Waals surface area (Å²) in [4.78, 5) is 11.0. The SMILES string of the molecule is O=Cc1cc2c3ccccc3c3ccccc3c2o1. The second kappa shape index (κ2) is 3.69. The van der Waals surface area contributed by atoms with Crippen LogP contribution >= 0.6 is 0 Å². The molecule has 0 N–H and O–H groups in total. The van der Waals surface area contributed by atoms with Crippen molar-refractivity contribution in [1.82, 2.24) is 0 Å². The van der Waals surface area contributed by atoms with Gasteiger partial charge in [0.05, 0.1) is 0 Å². The van der Waals surface area contributed by atoms with Crippen LogP contribution in [0.3, 0.4) is 0 Å². The van der Waals surface area contributed by atoms with Crippen LogP contribution in [0.15, 0.2) is 59.0 Å². The van der Waals surface area contributed by atoms with Crippen LogP contribution in [-0.2, 0) is 0 Å². The van der Waals surface area contributed by atoms with Crippen molar-refractivity contribution < 1.29 is 9.21 Å². The second-order valence-corrected chi connectivity index (χ2v) is 4.60. The lowest BCUT2D eigenvalue weighted by Gasteiger charge is -2.05. The highest BCUT2D eigenvalue weighted by atomic mass is 16.3. The Morgan fingerprint density at radius 2 is 1.26 bits per heavy atom. The van der Waals surface area contributed by atoms with Crippen molar-refractivity contribution in [1.29, 1.82) is 0 Å². The Morgan fingerprint density at radius 3 is 1.89 bits per heavy atom. The molecule has 0 saturated heterocycles. The minimum Gasteiger partial charge on any atom is -0.453 e. The van der Waals surface area contributed by atoms with Crippen LogP contribution in [-0.4, -0.2) is 6.29 Å². The van der Waals surface area contributed by atoms with Gasteiger partial charge in [-0.3, -0.25) is 4.79 Å². The molecule has 4 rings (SSSR count). The fourth-order valence-electron chi connectivity index (χ4n) is 2.74. The molecule has 0 radical (unpaired) electrons. The van der Waals surface area contributed by atoms with Crippen LogP contribution in [0.2, 0.25) is 0 Å². The van der Waals surface area contributed by atoms with E-state index in [4.69, 9.17) is 4.42 Å². The predicted molar refractivity (Wildman–Crippen MR) is 76.6 cm³/mol. The zero-order chi connectivity index (χ0) is 12.8. The van der Waals surface area contributed by atoms with E-state index >= 15 is 0 Å². The van der Waals surface area contributed by atoms with E-state index in [9.17, 15) is 4.79 Å². The molecule has 0 fully saturated rings. The zero-order valence-electron chi connectivity index (χ0n) is 10.1. The van der Waals surface area contributed by atoms with Gasteiger partial charge in [-0.25, -0.2) is 0 Å². The minimum atomic E-state index is 0.372. The highest BCUT2D eigenvalue weighted by Crippen LogP contribution is 2.36. The molecule has 90 valence electrons. The van der Waals surface area contributed by atoms with Gasteiger partial charge in [0.15, 0.2) is 12.0 Å². The highest BCUT2D eigenvalue weighted by Gasteiger charge is 2.12. The Kier molecular flexibility index (Phi) is 2.00. The summed E-state index contributed by atoms with van der Waals surface area (Å²) in [6.07, 6.45) is 0.754. The average Bonchev–Trinajstić information content (AvgIpc) is 2.92. The molecular formula is C17H10O2. The number of fused-ring (bicyclic) bond motifs is 6. The number of aldehydes is 1. The Balaban J connectivity index is 2.40. The standard InChI is InChI=1S/C17H10O2/c18-10-11-9-16-14-7-2-1-5-12(14)13-6-3-4-8-15(13)17(16)19-11/h1-10H. The van der Waals surface area contributed by atoms with Gasteiger partial charge in [0.1, 0.15) is 5.58 Å². The molecular weight excluding hydrogens is 236 g/mol. The van der Waals surface area contributed by atoms with Crippen molar-refractivity contribution in [2.45, 2.75) is 0 Å². The Morgan fingerprint density at radius 1 is 0.737 bits per heavy atom. The van der Waals surface area contributed by atoms with Gasteiger partial charge in [0.25, 0.3) is 0 Å². The molecule has 0 aliphatic heterocycles. The molecule has 1 heterocycles. The van der Waals surface area contributed by atoms with E-state index in [-0.39, 0.29) is 0 Å². The topological polar surface area (TPSA) is 30.2 Å². The molecule has 0 aliphatic rings. The normalized spacial score (nSPS) is 11.4. The quantitative estimate of drug-likeness (QED) is 0.364. The molecule has 0 spiro atoms. The third-order valence-electron chi connectivity index (χ3n) is 3.55. The molecule has 4 aromatic rings. The van der Waals surface area contributed by atoms with Gasteiger partial charge in [0.2, 0.25) is 0 Å². The van der Waals surface area contributed by atoms with Gasteiger partial charge >= 0.3 is 0 Å². The molecule has 3 aromatic carbocycles. The Labute approximate surface area is 109 Å². The zero-order valence-corrected chi connectivity index (χ0v) is 10.1. The molecule has 0 aliphatic carbocycles. The first-order valence-electron chi connectivity index (χ1n) is 6.16. The van der Waals surface area contributed by atoms with E-state index < -0.39 is 0 Å². The number of hydrogen-bond acceptors (Lipinski definition) is 2. The van der Waals surface area contributed by atoms with Crippen LogP contribution in [0, 0.1) is 0 Å². The van der Waals surface area contributed by atoms with Crippen molar-refractivity contribution >= 4 is 38.8 Å². The first-order valence-corrected chi connectivity index (χ1v) is 6.16. The summed E-state index contributed by atoms with van der Waals surface area (Å²) in [5.41, 5.74) is 0.788. The number of hydrogen-bond donors (Lipinski definition) is 0. The van der Waals surface area contributed by atoms with Crippen LogP contribution in [0.1, 0.15) is 10.6 Å². The average molecular weight is 246 g/mol. The van der Waals surface area contributed by atoms with Crippen molar-refractivity contribution in [3.05, 3.63) is 60.4 Å². The summed E-state index contributed by atoms with van der Waals surface area (Å²) >= 11 is 0. The molecule has 2 heteroatoms. The van der Waals surface area contributed by atoms with E-state index in [2.05, 4.69) is 18.2 Å². The largest absolute Gasteiger partial charge is 0.453 e. The lowest BCUT2D eigenvalue weighted by atomic mass is 9.99. The molecule has 0 amide bonds. The fourth-order valence-corrected chi connectivity index (χ4v) is 2.74. The van der Waals surface area contributed by atoms with Gasteiger partial charge in [-0.2, -0.15) is 0 Å². The van der Waals surface area contributed by atoms with E-state index in [1.165, 1.54) is 5.39 Å². The van der Waals surface area contributed by atoms with E-state index in [1.807, 2.05) is 36.4 Å². The van der Waals surface area contributed by atoms with Crippen LogP contribution in [0.5, 0.6) is 0 Å². The first-order chi connectivity index (χ1) is 9.38. The second-order valence-electron chi connectivity index (χ2n) is 4.60. The number of furan rings is 1. The third kappa shape index (κ3) is 1.34. The molecule has 0 atom stereocenters. The van der Waals surface area contributed by atoms with Gasteiger partial charge in [-0.15, -0.1) is 0 Å². The Bertz CT molecular complexity index is 859. The van der Waals surface area contributed by atoms with Crippen molar-refractivity contribution in [3.63, 3.8) is 0 Å². The maximum absolute atomic E-state index is 11.0. The molecule has 0 saturated carbocycles. The molecule has 2 nitrogen and oxygen atoms in total. The molecule has 19 heavy (non-hydrogen) atoms. The smallest absolute Gasteiger partial charge is 0.185 e. The van der Waals surface area contributed by atoms with Crippen molar-refractivity contribution in [3.8, 4) is 0 Å². The predicted octanol–water partition coefficient (Wildman–Crippen LogP) is 4.55. The number of carbonyl (C=O) groups is 1. The van der Waals surface area contributed by atoms with Crippen LogP contribution in [0.25, 0.3) is 32.5 Å². The monoisotopic (exact) mass is 246 g/mol. The van der Waals surface area contributed by atoms with E-state index in [0.717, 1.165) is 33.4 Å². The lowest BCUT2D eigenvalue weighted by molar-refractivity contribution is 0.110. The Hall–Kier alpha value is -2.61. The van der Waals surface area contributed by atoms with Crippen LogP contribution in [0.4, 0.5) is 0 Å². The summed E-state index contributed by atoms with van der Waals surface area (Å²) in [6, 6.07) is 18.1. The third-order valence-corrected chi connectivity index (χ3v) is 3.55. The van der Waals surface area contributed by atoms with Gasteiger partial charge in [-0.1, -0.05) is 48.5 Å². The maximum atomic E-state index is 11.0. The van der Waals surface area contributed by atoms with E-state index in [0.29, 0.717) is 5.76 Å². The van der Waals surface area contributed by atoms with Gasteiger partial charge in [0, 0.05) is 10.8 Å².